The minimum Gasteiger partial charge on any atom is -0.481 e. The molecule has 0 saturated heterocycles. The first-order valence-corrected chi connectivity index (χ1v) is 5.48. The van der Waals surface area contributed by atoms with Crippen LogP contribution in [0.3, 0.4) is 0 Å². The van der Waals surface area contributed by atoms with Crippen LogP contribution in [-0.4, -0.2) is 28.8 Å². The maximum Gasteiger partial charge on any atom is 0.315 e. The lowest BCUT2D eigenvalue weighted by Crippen LogP contribution is -2.43. The summed E-state index contributed by atoms with van der Waals surface area (Å²) in [6.45, 7) is 5.11. The van der Waals surface area contributed by atoms with Gasteiger partial charge in [0.05, 0.1) is 17.7 Å². The van der Waals surface area contributed by atoms with E-state index >= 15 is 0 Å². The maximum absolute atomic E-state index is 11.4. The van der Waals surface area contributed by atoms with E-state index in [1.54, 1.807) is 13.0 Å². The van der Waals surface area contributed by atoms with Crippen molar-refractivity contribution in [1.29, 1.82) is 0 Å². The Morgan fingerprint density at radius 1 is 1.44 bits per heavy atom. The molecule has 2 amide bonds. The van der Waals surface area contributed by atoms with Crippen LogP contribution in [-0.2, 0) is 11.3 Å². The van der Waals surface area contributed by atoms with Crippen molar-refractivity contribution in [1.82, 2.24) is 15.8 Å². The zero-order chi connectivity index (χ0) is 13.8. The molecule has 0 aliphatic carbocycles. The van der Waals surface area contributed by atoms with Crippen LogP contribution >= 0.6 is 0 Å². The Kier molecular flexibility index (Phi) is 4.30. The predicted octanol–water partition coefficient (Wildman–Crippen LogP) is 0.893. The largest absolute Gasteiger partial charge is 0.481 e. The third-order valence-corrected chi connectivity index (χ3v) is 2.37. The van der Waals surface area contributed by atoms with Crippen molar-refractivity contribution in [3.8, 4) is 0 Å². The number of aliphatic carboxylic acids is 1. The lowest BCUT2D eigenvalue weighted by Gasteiger charge is -2.19. The highest BCUT2D eigenvalue weighted by Crippen LogP contribution is 2.12. The normalized spacial score (nSPS) is 11.1. The highest BCUT2D eigenvalue weighted by molar-refractivity contribution is 5.77. The Balaban J connectivity index is 2.32. The van der Waals surface area contributed by atoms with E-state index in [0.29, 0.717) is 5.76 Å². The van der Waals surface area contributed by atoms with Crippen LogP contribution in [0.2, 0.25) is 0 Å². The zero-order valence-electron chi connectivity index (χ0n) is 10.6. The molecule has 1 rings (SSSR count). The summed E-state index contributed by atoms with van der Waals surface area (Å²) in [5.41, 5.74) is -0.264. The molecule has 0 unspecified atom stereocenters. The number of carboxylic acids is 1. The number of nitrogens with one attached hydrogen (secondary N) is 2. The van der Waals surface area contributed by atoms with Crippen molar-refractivity contribution in [2.45, 2.75) is 27.3 Å². The number of hydrogen-bond acceptors (Lipinski definition) is 4. The fourth-order valence-corrected chi connectivity index (χ4v) is 1.11. The summed E-state index contributed by atoms with van der Waals surface area (Å²) in [6.07, 6.45) is 0. The zero-order valence-corrected chi connectivity index (χ0v) is 10.6. The fourth-order valence-electron chi connectivity index (χ4n) is 1.11. The fraction of sp³-hybridized carbons (Fsp3) is 0.545. The van der Waals surface area contributed by atoms with Crippen molar-refractivity contribution in [3.63, 3.8) is 0 Å². The molecule has 0 radical (unpaired) electrons. The van der Waals surface area contributed by atoms with Gasteiger partial charge in [-0.15, -0.1) is 0 Å². The average Bonchev–Trinajstić information content (AvgIpc) is 2.69. The Bertz CT molecular complexity index is 439. The lowest BCUT2D eigenvalue weighted by atomic mass is 9.94. The number of carboxylic acid groups (broad SMARTS) is 1. The highest BCUT2D eigenvalue weighted by Gasteiger charge is 2.27. The number of amides is 2. The first-order valence-electron chi connectivity index (χ1n) is 5.48. The van der Waals surface area contributed by atoms with Gasteiger partial charge in [-0.1, -0.05) is 5.16 Å². The second-order valence-electron chi connectivity index (χ2n) is 4.66. The molecule has 0 spiro atoms. The van der Waals surface area contributed by atoms with Gasteiger partial charge < -0.3 is 20.3 Å². The van der Waals surface area contributed by atoms with Gasteiger partial charge in [0.15, 0.2) is 5.76 Å². The minimum absolute atomic E-state index is 0.0452. The molecule has 1 aromatic heterocycles. The topological polar surface area (TPSA) is 104 Å². The van der Waals surface area contributed by atoms with Crippen LogP contribution in [0.25, 0.3) is 0 Å². The molecule has 0 aliphatic heterocycles. The van der Waals surface area contributed by atoms with Crippen molar-refractivity contribution in [2.24, 2.45) is 5.41 Å². The second-order valence-corrected chi connectivity index (χ2v) is 4.66. The average molecular weight is 255 g/mol. The molecular weight excluding hydrogens is 238 g/mol. The summed E-state index contributed by atoms with van der Waals surface area (Å²) in [5.74, 6) is -0.422. The third-order valence-electron chi connectivity index (χ3n) is 2.37. The summed E-state index contributed by atoms with van der Waals surface area (Å²) >= 11 is 0. The van der Waals surface area contributed by atoms with Gasteiger partial charge in [-0.2, -0.15) is 0 Å². The Labute approximate surface area is 105 Å². The van der Waals surface area contributed by atoms with Gasteiger partial charge in [0, 0.05) is 12.6 Å². The van der Waals surface area contributed by atoms with Crippen molar-refractivity contribution in [3.05, 3.63) is 17.5 Å². The maximum atomic E-state index is 11.4. The van der Waals surface area contributed by atoms with Crippen LogP contribution in [0, 0.1) is 12.3 Å². The SMILES string of the molecule is Cc1cc(CNC(=O)NCC(C)(C)C(=O)O)on1. The Morgan fingerprint density at radius 2 is 2.11 bits per heavy atom. The molecular formula is C11H17N3O4. The van der Waals surface area contributed by atoms with Gasteiger partial charge >= 0.3 is 12.0 Å². The van der Waals surface area contributed by atoms with E-state index in [9.17, 15) is 9.59 Å². The highest BCUT2D eigenvalue weighted by atomic mass is 16.5. The summed E-state index contributed by atoms with van der Waals surface area (Å²) in [4.78, 5) is 22.2. The number of aryl methyl sites for hydroxylation is 1. The molecule has 0 saturated carbocycles. The Hall–Kier alpha value is -2.05. The lowest BCUT2D eigenvalue weighted by molar-refractivity contribution is -0.146. The monoisotopic (exact) mass is 255 g/mol. The Morgan fingerprint density at radius 3 is 2.61 bits per heavy atom. The van der Waals surface area contributed by atoms with Crippen LogP contribution in [0.4, 0.5) is 4.79 Å². The van der Waals surface area contributed by atoms with Gasteiger partial charge in [-0.25, -0.2) is 4.79 Å². The summed E-state index contributed by atoms with van der Waals surface area (Å²) < 4.78 is 4.91. The van der Waals surface area contributed by atoms with Crippen molar-refractivity contribution >= 4 is 12.0 Å². The molecule has 0 bridgehead atoms. The predicted molar refractivity (Wildman–Crippen MR) is 62.9 cm³/mol. The number of carbonyl (C=O) groups excluding carboxylic acids is 1. The summed E-state index contributed by atoms with van der Waals surface area (Å²) in [7, 11) is 0. The van der Waals surface area contributed by atoms with E-state index in [2.05, 4.69) is 15.8 Å². The first kappa shape index (κ1) is 14.0. The first-order chi connectivity index (χ1) is 8.31. The van der Waals surface area contributed by atoms with Gasteiger partial charge in [0.2, 0.25) is 0 Å². The summed E-state index contributed by atoms with van der Waals surface area (Å²) in [5, 5.41) is 17.6. The standard InChI is InChI=1S/C11H17N3O4/c1-7-4-8(18-14-7)5-12-10(17)13-6-11(2,3)9(15)16/h4H,5-6H2,1-3H3,(H,15,16)(H2,12,13,17). The number of nitrogens with zero attached hydrogens (tertiary/aromatic N) is 1. The van der Waals surface area contributed by atoms with Gasteiger partial charge in [0.25, 0.3) is 0 Å². The molecule has 0 aliphatic rings. The van der Waals surface area contributed by atoms with Gasteiger partial charge in [0.1, 0.15) is 0 Å². The minimum atomic E-state index is -1.000. The van der Waals surface area contributed by atoms with Crippen molar-refractivity contribution < 1.29 is 19.2 Å². The molecule has 3 N–H and O–H groups in total. The molecule has 0 aromatic carbocycles. The number of carbonyl (C=O) groups is 2. The third kappa shape index (κ3) is 4.08. The molecule has 7 heteroatoms. The van der Waals surface area contributed by atoms with E-state index in [1.165, 1.54) is 13.8 Å². The van der Waals surface area contributed by atoms with Crippen LogP contribution in [0.1, 0.15) is 25.3 Å². The van der Waals surface area contributed by atoms with Crippen LogP contribution in [0.15, 0.2) is 10.6 Å². The molecule has 0 fully saturated rings. The van der Waals surface area contributed by atoms with Crippen LogP contribution in [0.5, 0.6) is 0 Å². The number of hydrogen-bond donors (Lipinski definition) is 3. The van der Waals surface area contributed by atoms with E-state index in [0.717, 1.165) is 5.69 Å². The number of urea groups is 1. The number of rotatable bonds is 5. The van der Waals surface area contributed by atoms with E-state index in [1.807, 2.05) is 0 Å². The van der Waals surface area contributed by atoms with E-state index in [-0.39, 0.29) is 13.1 Å². The van der Waals surface area contributed by atoms with E-state index in [4.69, 9.17) is 9.63 Å². The molecule has 18 heavy (non-hydrogen) atoms. The number of aromatic nitrogens is 1. The molecule has 0 atom stereocenters. The molecule has 1 heterocycles. The smallest absolute Gasteiger partial charge is 0.315 e. The molecule has 1 aromatic rings. The summed E-state index contributed by atoms with van der Waals surface area (Å²) in [6, 6.07) is 1.26. The molecule has 100 valence electrons. The van der Waals surface area contributed by atoms with E-state index < -0.39 is 17.4 Å². The van der Waals surface area contributed by atoms with Crippen molar-refractivity contribution in [2.75, 3.05) is 6.54 Å². The van der Waals surface area contributed by atoms with Gasteiger partial charge in [-0.3, -0.25) is 4.79 Å². The second kappa shape index (κ2) is 5.52. The van der Waals surface area contributed by atoms with Gasteiger partial charge in [-0.05, 0) is 20.8 Å². The molecule has 7 nitrogen and oxygen atoms in total. The quantitative estimate of drug-likeness (QED) is 0.724. The van der Waals surface area contributed by atoms with Crippen LogP contribution < -0.4 is 10.6 Å².